The summed E-state index contributed by atoms with van der Waals surface area (Å²) in [4.78, 5) is 26.6. The smallest absolute Gasteiger partial charge is 0.313 e. The number of rotatable bonds is 6. The number of nitrogens with one attached hydrogen (secondary N) is 2. The van der Waals surface area contributed by atoms with Crippen LogP contribution < -0.4 is 15.4 Å². The van der Waals surface area contributed by atoms with Crippen molar-refractivity contribution in [2.45, 2.75) is 6.04 Å². The second kappa shape index (κ2) is 8.86. The Balaban J connectivity index is 1.68. The molecule has 0 aliphatic carbocycles. The van der Waals surface area contributed by atoms with Crippen LogP contribution in [0, 0.1) is 0 Å². The molecule has 1 heterocycles. The van der Waals surface area contributed by atoms with E-state index in [9.17, 15) is 9.59 Å². The van der Waals surface area contributed by atoms with Gasteiger partial charge in [-0.2, -0.15) is 0 Å². The molecule has 1 unspecified atom stereocenters. The van der Waals surface area contributed by atoms with E-state index in [1.807, 2.05) is 31.1 Å². The molecule has 6 nitrogen and oxygen atoms in total. The van der Waals surface area contributed by atoms with Gasteiger partial charge in [0.05, 0.1) is 18.8 Å². The number of thiophene rings is 1. The van der Waals surface area contributed by atoms with E-state index >= 15 is 0 Å². The minimum atomic E-state index is -0.725. The van der Waals surface area contributed by atoms with Crippen LogP contribution in [0.4, 0.5) is 5.69 Å². The first kappa shape index (κ1) is 19.9. The fourth-order valence-electron chi connectivity index (χ4n) is 3.02. The number of ether oxygens (including phenoxy) is 1. The average Bonchev–Trinajstić information content (AvgIpc) is 3.12. The molecule has 28 heavy (non-hydrogen) atoms. The van der Waals surface area contributed by atoms with E-state index in [-0.39, 0.29) is 6.04 Å². The summed E-state index contributed by atoms with van der Waals surface area (Å²) >= 11 is 1.67. The Kier molecular flexibility index (Phi) is 6.28. The van der Waals surface area contributed by atoms with Gasteiger partial charge < -0.3 is 20.3 Å². The highest BCUT2D eigenvalue weighted by molar-refractivity contribution is 7.17. The number of benzene rings is 2. The summed E-state index contributed by atoms with van der Waals surface area (Å²) in [6, 6.07) is 15.1. The van der Waals surface area contributed by atoms with Crippen LogP contribution in [0.3, 0.4) is 0 Å². The summed E-state index contributed by atoms with van der Waals surface area (Å²) in [5.74, 6) is -0.908. The number of carbonyl (C=O) groups is 2. The maximum atomic E-state index is 12.3. The Morgan fingerprint density at radius 2 is 1.79 bits per heavy atom. The number of fused-ring (bicyclic) bond motifs is 1. The van der Waals surface area contributed by atoms with Crippen molar-refractivity contribution >= 4 is 38.9 Å². The van der Waals surface area contributed by atoms with Crippen molar-refractivity contribution in [2.24, 2.45) is 0 Å². The van der Waals surface area contributed by atoms with E-state index in [1.54, 1.807) is 35.6 Å². The summed E-state index contributed by atoms with van der Waals surface area (Å²) in [7, 11) is 5.42. The lowest BCUT2D eigenvalue weighted by molar-refractivity contribution is -0.136. The average molecular weight is 398 g/mol. The molecule has 0 saturated heterocycles. The standard InChI is InChI=1S/C21H23N3O3S/c1-24(2)17(15-13-28-19-11-7-4-8-14(15)19)12-22-20(25)21(26)23-16-9-5-6-10-18(16)27-3/h4-11,13,17H,12H2,1-3H3,(H,22,25)(H,23,26). The fraction of sp³-hybridized carbons (Fsp3) is 0.238. The molecule has 0 aliphatic rings. The van der Waals surface area contributed by atoms with Gasteiger partial charge in [0.1, 0.15) is 5.75 Å². The van der Waals surface area contributed by atoms with Crippen LogP contribution in [0.25, 0.3) is 10.1 Å². The third kappa shape index (κ3) is 4.32. The molecule has 0 radical (unpaired) electrons. The molecule has 1 atom stereocenters. The van der Waals surface area contributed by atoms with E-state index < -0.39 is 11.8 Å². The zero-order valence-electron chi connectivity index (χ0n) is 16.1. The van der Waals surface area contributed by atoms with Crippen LogP contribution in [0.5, 0.6) is 5.75 Å². The Morgan fingerprint density at radius 3 is 2.54 bits per heavy atom. The predicted molar refractivity (Wildman–Crippen MR) is 113 cm³/mol. The van der Waals surface area contributed by atoms with Crippen molar-refractivity contribution in [3.05, 3.63) is 59.5 Å². The van der Waals surface area contributed by atoms with Crippen LogP contribution in [0.1, 0.15) is 11.6 Å². The van der Waals surface area contributed by atoms with E-state index in [4.69, 9.17) is 4.74 Å². The van der Waals surface area contributed by atoms with Gasteiger partial charge in [0.2, 0.25) is 0 Å². The van der Waals surface area contributed by atoms with Crippen LogP contribution in [-0.4, -0.2) is 44.5 Å². The zero-order chi connectivity index (χ0) is 20.1. The van der Waals surface area contributed by atoms with Crippen LogP contribution in [0.2, 0.25) is 0 Å². The lowest BCUT2D eigenvalue weighted by atomic mass is 10.0. The molecule has 7 heteroatoms. The van der Waals surface area contributed by atoms with Crippen LogP contribution in [0.15, 0.2) is 53.9 Å². The van der Waals surface area contributed by atoms with Crippen molar-refractivity contribution < 1.29 is 14.3 Å². The van der Waals surface area contributed by atoms with Crippen LogP contribution in [-0.2, 0) is 9.59 Å². The van der Waals surface area contributed by atoms with Gasteiger partial charge in [-0.1, -0.05) is 30.3 Å². The highest BCUT2D eigenvalue weighted by Crippen LogP contribution is 2.32. The van der Waals surface area contributed by atoms with Gasteiger partial charge in [-0.25, -0.2) is 0 Å². The molecular weight excluding hydrogens is 374 g/mol. The predicted octanol–water partition coefficient (Wildman–Crippen LogP) is 3.27. The Bertz CT molecular complexity index is 984. The van der Waals surface area contributed by atoms with Crippen molar-refractivity contribution in [3.63, 3.8) is 0 Å². The molecule has 0 saturated carbocycles. The first-order valence-corrected chi connectivity index (χ1v) is 9.74. The molecule has 1 aromatic heterocycles. The lowest BCUT2D eigenvalue weighted by Crippen LogP contribution is -2.40. The quantitative estimate of drug-likeness (QED) is 0.627. The second-order valence-corrected chi connectivity index (χ2v) is 7.44. The minimum Gasteiger partial charge on any atom is -0.495 e. The molecule has 2 aromatic carbocycles. The first-order valence-electron chi connectivity index (χ1n) is 8.86. The van der Waals surface area contributed by atoms with Gasteiger partial charge in [-0.05, 0) is 48.6 Å². The van der Waals surface area contributed by atoms with E-state index in [2.05, 4.69) is 28.1 Å². The zero-order valence-corrected chi connectivity index (χ0v) is 16.9. The number of hydrogen-bond acceptors (Lipinski definition) is 5. The van der Waals surface area contributed by atoms with E-state index in [1.165, 1.54) is 17.2 Å². The third-order valence-corrected chi connectivity index (χ3v) is 5.49. The number of likely N-dealkylation sites (N-methyl/N-ethyl adjacent to an activating group) is 1. The van der Waals surface area contributed by atoms with Gasteiger partial charge in [0.25, 0.3) is 0 Å². The second-order valence-electron chi connectivity index (χ2n) is 6.53. The summed E-state index contributed by atoms with van der Waals surface area (Å²) in [6.07, 6.45) is 0. The minimum absolute atomic E-state index is 0.0424. The SMILES string of the molecule is COc1ccccc1NC(=O)C(=O)NCC(c1csc2ccccc12)N(C)C. The van der Waals surface area contributed by atoms with Gasteiger partial charge in [-0.3, -0.25) is 9.59 Å². The summed E-state index contributed by atoms with van der Waals surface area (Å²) < 4.78 is 6.39. The molecule has 0 fully saturated rings. The monoisotopic (exact) mass is 397 g/mol. The van der Waals surface area contributed by atoms with Gasteiger partial charge >= 0.3 is 11.8 Å². The maximum absolute atomic E-state index is 12.3. The van der Waals surface area contributed by atoms with E-state index in [0.717, 1.165) is 5.56 Å². The topological polar surface area (TPSA) is 70.7 Å². The first-order chi connectivity index (χ1) is 13.5. The summed E-state index contributed by atoms with van der Waals surface area (Å²) in [6.45, 7) is 0.325. The van der Waals surface area contributed by atoms with Crippen molar-refractivity contribution in [3.8, 4) is 5.75 Å². The molecule has 0 aliphatic heterocycles. The number of methoxy groups -OCH3 is 1. The lowest BCUT2D eigenvalue weighted by Gasteiger charge is -2.24. The Hall–Kier alpha value is -2.90. The summed E-state index contributed by atoms with van der Waals surface area (Å²) in [5, 5.41) is 8.61. The van der Waals surface area contributed by atoms with Gasteiger partial charge in [-0.15, -0.1) is 11.3 Å². The summed E-state index contributed by atoms with van der Waals surface area (Å²) in [5.41, 5.74) is 1.59. The van der Waals surface area contributed by atoms with Crippen molar-refractivity contribution in [2.75, 3.05) is 33.1 Å². The molecule has 3 aromatic rings. The van der Waals surface area contributed by atoms with Gasteiger partial charge in [0, 0.05) is 11.2 Å². The van der Waals surface area contributed by atoms with E-state index in [0.29, 0.717) is 18.0 Å². The maximum Gasteiger partial charge on any atom is 0.313 e. The normalized spacial score (nSPS) is 12.0. The highest BCUT2D eigenvalue weighted by Gasteiger charge is 2.21. The molecule has 2 N–H and O–H groups in total. The molecule has 146 valence electrons. The number of hydrogen-bond donors (Lipinski definition) is 2. The molecule has 3 rings (SSSR count). The van der Waals surface area contributed by atoms with Crippen molar-refractivity contribution in [1.82, 2.24) is 10.2 Å². The highest BCUT2D eigenvalue weighted by atomic mass is 32.1. The number of anilines is 1. The largest absolute Gasteiger partial charge is 0.495 e. The Morgan fingerprint density at radius 1 is 1.07 bits per heavy atom. The third-order valence-electron chi connectivity index (χ3n) is 4.51. The fourth-order valence-corrected chi connectivity index (χ4v) is 4.03. The number of para-hydroxylation sites is 2. The number of amides is 2. The molecule has 0 bridgehead atoms. The van der Waals surface area contributed by atoms with Crippen molar-refractivity contribution in [1.29, 1.82) is 0 Å². The van der Waals surface area contributed by atoms with Gasteiger partial charge in [0.15, 0.2) is 0 Å². The molecular formula is C21H23N3O3S. The number of carbonyl (C=O) groups excluding carboxylic acids is 2. The van der Waals surface area contributed by atoms with Crippen LogP contribution >= 0.6 is 11.3 Å². The number of nitrogens with zero attached hydrogens (tertiary/aromatic N) is 1. The molecule has 2 amide bonds. The Labute approximate surface area is 168 Å². The molecule has 0 spiro atoms.